The van der Waals surface area contributed by atoms with Crippen molar-refractivity contribution in [1.82, 2.24) is 0 Å². The van der Waals surface area contributed by atoms with Crippen LogP contribution in [0, 0.1) is 10.8 Å². The SMILES string of the molecule is CC1(C(C)(Cl)C2(C)CCCCCC2)CCCC=CCCC1. The molecule has 0 aromatic heterocycles. The lowest BCUT2D eigenvalue weighted by atomic mass is 9.57. The lowest BCUT2D eigenvalue weighted by Gasteiger charge is -2.53. The molecule has 1 heteroatoms. The Balaban J connectivity index is 2.21. The van der Waals surface area contributed by atoms with E-state index < -0.39 is 0 Å². The molecule has 0 spiro atoms. The first-order chi connectivity index (χ1) is 9.91. The van der Waals surface area contributed by atoms with Crippen LogP contribution in [0.4, 0.5) is 0 Å². The van der Waals surface area contributed by atoms with Crippen LogP contribution >= 0.6 is 11.6 Å². The fraction of sp³-hybridized carbons (Fsp3) is 0.900. The number of hydrogen-bond acceptors (Lipinski definition) is 0. The van der Waals surface area contributed by atoms with Gasteiger partial charge in [-0.2, -0.15) is 0 Å². The molecule has 0 nitrogen and oxygen atoms in total. The largest absolute Gasteiger partial charge is 0.118 e. The predicted octanol–water partition coefficient (Wildman–Crippen LogP) is 7.26. The van der Waals surface area contributed by atoms with Gasteiger partial charge in [0.15, 0.2) is 0 Å². The van der Waals surface area contributed by atoms with E-state index in [0.29, 0.717) is 5.41 Å². The number of allylic oxidation sites excluding steroid dienone is 2. The molecule has 1 unspecified atom stereocenters. The Bertz CT molecular complexity index is 333. The summed E-state index contributed by atoms with van der Waals surface area (Å²) in [6.45, 7) is 7.36. The lowest BCUT2D eigenvalue weighted by Crippen LogP contribution is -2.51. The highest BCUT2D eigenvalue weighted by atomic mass is 35.5. The van der Waals surface area contributed by atoms with Gasteiger partial charge in [0, 0.05) is 0 Å². The molecule has 0 aromatic carbocycles. The quantitative estimate of drug-likeness (QED) is 0.286. The predicted molar refractivity (Wildman–Crippen MR) is 95.0 cm³/mol. The summed E-state index contributed by atoms with van der Waals surface area (Å²) in [6, 6.07) is 0. The van der Waals surface area contributed by atoms with E-state index in [1.165, 1.54) is 77.0 Å². The van der Waals surface area contributed by atoms with Crippen LogP contribution < -0.4 is 0 Å². The van der Waals surface area contributed by atoms with Crippen LogP contribution in [-0.4, -0.2) is 4.87 Å². The molecule has 2 aliphatic rings. The van der Waals surface area contributed by atoms with Crippen molar-refractivity contribution in [2.45, 2.75) is 103 Å². The first kappa shape index (κ1) is 17.4. The molecule has 2 rings (SSSR count). The zero-order chi connectivity index (χ0) is 15.4. The minimum atomic E-state index is -0.0747. The maximum atomic E-state index is 7.41. The van der Waals surface area contributed by atoms with Crippen LogP contribution in [0.1, 0.15) is 97.8 Å². The average Bonchev–Trinajstić information content (AvgIpc) is 2.60. The topological polar surface area (TPSA) is 0 Å². The Kier molecular flexibility index (Phi) is 5.85. The van der Waals surface area contributed by atoms with E-state index in [1.54, 1.807) is 0 Å². The third-order valence-corrected chi connectivity index (χ3v) is 7.75. The fourth-order valence-corrected chi connectivity index (χ4v) is 5.14. The summed E-state index contributed by atoms with van der Waals surface area (Å²) >= 11 is 7.41. The van der Waals surface area contributed by atoms with E-state index in [4.69, 9.17) is 11.6 Å². The van der Waals surface area contributed by atoms with Gasteiger partial charge in [-0.05, 0) is 69.1 Å². The lowest BCUT2D eigenvalue weighted by molar-refractivity contribution is 0.0554. The zero-order valence-corrected chi connectivity index (χ0v) is 15.3. The molecule has 1 atom stereocenters. The molecule has 0 aliphatic heterocycles. The summed E-state index contributed by atoms with van der Waals surface area (Å²) in [4.78, 5) is -0.0747. The molecule has 0 amide bonds. The van der Waals surface area contributed by atoms with Gasteiger partial charge in [-0.15, -0.1) is 11.6 Å². The van der Waals surface area contributed by atoms with Gasteiger partial charge in [0.25, 0.3) is 0 Å². The molecule has 0 saturated heterocycles. The van der Waals surface area contributed by atoms with Crippen LogP contribution in [0.2, 0.25) is 0 Å². The van der Waals surface area contributed by atoms with Crippen molar-refractivity contribution in [3.05, 3.63) is 12.2 Å². The van der Waals surface area contributed by atoms with Crippen molar-refractivity contribution in [3.63, 3.8) is 0 Å². The second kappa shape index (κ2) is 7.07. The minimum Gasteiger partial charge on any atom is -0.118 e. The van der Waals surface area contributed by atoms with Gasteiger partial charge >= 0.3 is 0 Å². The zero-order valence-electron chi connectivity index (χ0n) is 14.5. The molecule has 2 aliphatic carbocycles. The van der Waals surface area contributed by atoms with Gasteiger partial charge in [0.2, 0.25) is 0 Å². The number of rotatable bonds is 2. The van der Waals surface area contributed by atoms with E-state index in [9.17, 15) is 0 Å². The van der Waals surface area contributed by atoms with Crippen LogP contribution in [-0.2, 0) is 0 Å². The number of hydrogen-bond donors (Lipinski definition) is 0. The van der Waals surface area contributed by atoms with Gasteiger partial charge in [0.05, 0.1) is 4.87 Å². The molecule has 0 radical (unpaired) electrons. The van der Waals surface area contributed by atoms with Gasteiger partial charge in [-0.25, -0.2) is 0 Å². The summed E-state index contributed by atoms with van der Waals surface area (Å²) in [5, 5.41) is 0. The monoisotopic (exact) mass is 310 g/mol. The molecule has 21 heavy (non-hydrogen) atoms. The molecular weight excluding hydrogens is 276 g/mol. The van der Waals surface area contributed by atoms with Crippen molar-refractivity contribution in [2.75, 3.05) is 0 Å². The summed E-state index contributed by atoms with van der Waals surface area (Å²) in [5.74, 6) is 0. The van der Waals surface area contributed by atoms with Crippen molar-refractivity contribution in [2.24, 2.45) is 10.8 Å². The summed E-state index contributed by atoms with van der Waals surface area (Å²) < 4.78 is 0. The second-order valence-corrected chi connectivity index (χ2v) is 9.05. The number of halogens is 1. The molecule has 0 N–H and O–H groups in total. The highest BCUT2D eigenvalue weighted by Gasteiger charge is 2.53. The average molecular weight is 311 g/mol. The first-order valence-corrected chi connectivity index (χ1v) is 9.63. The van der Waals surface area contributed by atoms with Gasteiger partial charge < -0.3 is 0 Å². The van der Waals surface area contributed by atoms with Crippen LogP contribution in [0.5, 0.6) is 0 Å². The van der Waals surface area contributed by atoms with E-state index in [0.717, 1.165) is 0 Å². The van der Waals surface area contributed by atoms with Crippen LogP contribution in [0.25, 0.3) is 0 Å². The Hall–Kier alpha value is 0.0300. The van der Waals surface area contributed by atoms with Gasteiger partial charge in [-0.1, -0.05) is 51.7 Å². The van der Waals surface area contributed by atoms with Crippen LogP contribution in [0.15, 0.2) is 12.2 Å². The second-order valence-electron chi connectivity index (χ2n) is 8.29. The molecule has 0 aromatic rings. The van der Waals surface area contributed by atoms with E-state index in [1.807, 2.05) is 0 Å². The van der Waals surface area contributed by atoms with Gasteiger partial charge in [-0.3, -0.25) is 0 Å². The van der Waals surface area contributed by atoms with Crippen molar-refractivity contribution in [1.29, 1.82) is 0 Å². The fourth-order valence-electron chi connectivity index (χ4n) is 4.76. The Morgan fingerprint density at radius 1 is 0.714 bits per heavy atom. The normalized spacial score (nSPS) is 29.5. The van der Waals surface area contributed by atoms with Gasteiger partial charge in [0.1, 0.15) is 0 Å². The minimum absolute atomic E-state index is 0.0747. The Labute approximate surface area is 137 Å². The highest BCUT2D eigenvalue weighted by molar-refractivity contribution is 6.24. The Morgan fingerprint density at radius 3 is 1.52 bits per heavy atom. The van der Waals surface area contributed by atoms with E-state index in [2.05, 4.69) is 32.9 Å². The summed E-state index contributed by atoms with van der Waals surface area (Å²) in [6.07, 6.45) is 20.6. The molecule has 122 valence electrons. The third kappa shape index (κ3) is 3.69. The standard InChI is InChI=1S/C20H35Cl/c1-18(14-10-6-4-5-7-11-15-18)20(3,21)19(2)16-12-8-9-13-17-19/h4-5H,6-17H2,1-3H3. The maximum Gasteiger partial charge on any atom is 0.0525 e. The highest BCUT2D eigenvalue weighted by Crippen LogP contribution is 2.58. The number of alkyl halides is 1. The molecule has 0 bridgehead atoms. The summed E-state index contributed by atoms with van der Waals surface area (Å²) in [5.41, 5.74) is 0.584. The molecule has 1 fully saturated rings. The Morgan fingerprint density at radius 2 is 1.10 bits per heavy atom. The molecule has 1 saturated carbocycles. The van der Waals surface area contributed by atoms with E-state index >= 15 is 0 Å². The summed E-state index contributed by atoms with van der Waals surface area (Å²) in [7, 11) is 0. The molecular formula is C20H35Cl. The smallest absolute Gasteiger partial charge is 0.0525 e. The molecule has 0 heterocycles. The van der Waals surface area contributed by atoms with Crippen molar-refractivity contribution >= 4 is 11.6 Å². The van der Waals surface area contributed by atoms with Crippen molar-refractivity contribution < 1.29 is 0 Å². The first-order valence-electron chi connectivity index (χ1n) is 9.25. The van der Waals surface area contributed by atoms with E-state index in [-0.39, 0.29) is 10.3 Å². The maximum absolute atomic E-state index is 7.41. The third-order valence-electron chi connectivity index (χ3n) is 6.84. The van der Waals surface area contributed by atoms with Crippen LogP contribution in [0.3, 0.4) is 0 Å². The van der Waals surface area contributed by atoms with Crippen molar-refractivity contribution in [3.8, 4) is 0 Å².